The molecule has 0 aliphatic rings. The molecule has 33 heavy (non-hydrogen) atoms. The maximum Gasteiger partial charge on any atom is 0.336 e. The molecule has 8 nitrogen and oxygen atoms in total. The molecule has 3 heterocycles. The molecule has 0 atom stereocenters. The molecule has 0 saturated carbocycles. The summed E-state index contributed by atoms with van der Waals surface area (Å²) < 4.78 is 14.3. The first-order chi connectivity index (χ1) is 16.1. The smallest absolute Gasteiger partial charge is 0.336 e. The molecular weight excluding hydrogens is 440 g/mol. The lowest BCUT2D eigenvalue weighted by atomic mass is 10.2. The van der Waals surface area contributed by atoms with Crippen molar-refractivity contribution in [3.8, 4) is 22.8 Å². The van der Waals surface area contributed by atoms with Crippen molar-refractivity contribution < 1.29 is 9.26 Å². The Labute approximate surface area is 192 Å². The Bertz CT molecular complexity index is 1580. The van der Waals surface area contributed by atoms with Gasteiger partial charge < -0.3 is 9.26 Å². The monoisotopic (exact) mass is 460 g/mol. The number of thiophene rings is 1. The van der Waals surface area contributed by atoms with Crippen LogP contribution in [0.4, 0.5) is 0 Å². The molecule has 5 rings (SSSR count). The summed E-state index contributed by atoms with van der Waals surface area (Å²) in [6, 6.07) is 16.5. The standard InChI is InChI=1S/C24H20N4O4S/c1-3-31-19-10-5-4-9-17(19)22-25-20(32-26-22)14-27-18-11-12-33-21(18)23(29)28(24(27)30)16-8-6-7-15(2)13-16/h4-13H,3,14H2,1-2H3. The molecule has 3 aromatic heterocycles. The van der Waals surface area contributed by atoms with Crippen LogP contribution in [-0.2, 0) is 6.54 Å². The summed E-state index contributed by atoms with van der Waals surface area (Å²) in [6.07, 6.45) is 0. The topological polar surface area (TPSA) is 92.2 Å². The third kappa shape index (κ3) is 3.76. The summed E-state index contributed by atoms with van der Waals surface area (Å²) in [5.41, 5.74) is 1.90. The van der Waals surface area contributed by atoms with Crippen LogP contribution in [-0.4, -0.2) is 25.9 Å². The number of nitrogens with zero attached hydrogens (tertiary/aromatic N) is 4. The molecule has 0 amide bonds. The van der Waals surface area contributed by atoms with Gasteiger partial charge in [0.2, 0.25) is 11.7 Å². The molecule has 2 aromatic carbocycles. The zero-order chi connectivity index (χ0) is 22.9. The van der Waals surface area contributed by atoms with Crippen LogP contribution < -0.4 is 16.0 Å². The fraction of sp³-hybridized carbons (Fsp3) is 0.167. The van der Waals surface area contributed by atoms with Gasteiger partial charge in [-0.15, -0.1) is 11.3 Å². The van der Waals surface area contributed by atoms with Gasteiger partial charge in [0.05, 0.1) is 23.4 Å². The Kier molecular flexibility index (Phi) is 5.39. The summed E-state index contributed by atoms with van der Waals surface area (Å²) in [5, 5.41) is 5.88. The lowest BCUT2D eigenvalue weighted by molar-refractivity contribution is 0.340. The van der Waals surface area contributed by atoms with E-state index in [-0.39, 0.29) is 18.0 Å². The van der Waals surface area contributed by atoms with Crippen molar-refractivity contribution >= 4 is 21.6 Å². The number of benzene rings is 2. The van der Waals surface area contributed by atoms with Crippen LogP contribution in [0.25, 0.3) is 27.3 Å². The molecule has 166 valence electrons. The first-order valence-electron chi connectivity index (χ1n) is 10.4. The highest BCUT2D eigenvalue weighted by Crippen LogP contribution is 2.27. The Balaban J connectivity index is 1.61. The van der Waals surface area contributed by atoms with E-state index in [2.05, 4.69) is 10.1 Å². The zero-order valence-corrected chi connectivity index (χ0v) is 18.8. The van der Waals surface area contributed by atoms with Crippen LogP contribution in [0.2, 0.25) is 0 Å². The predicted octanol–water partition coefficient (Wildman–Crippen LogP) is 4.02. The third-order valence-corrected chi connectivity index (χ3v) is 6.10. The van der Waals surface area contributed by atoms with Crippen molar-refractivity contribution in [1.29, 1.82) is 0 Å². The predicted molar refractivity (Wildman–Crippen MR) is 126 cm³/mol. The lowest BCUT2D eigenvalue weighted by Gasteiger charge is -2.11. The van der Waals surface area contributed by atoms with Gasteiger partial charge in [-0.2, -0.15) is 4.98 Å². The Morgan fingerprint density at radius 3 is 2.76 bits per heavy atom. The van der Waals surface area contributed by atoms with E-state index in [1.807, 2.05) is 56.3 Å². The SMILES string of the molecule is CCOc1ccccc1-c1noc(Cn2c(=O)n(-c3cccc(C)c3)c(=O)c3sccc32)n1. The van der Waals surface area contributed by atoms with Gasteiger partial charge in [0.15, 0.2) is 0 Å². The molecule has 0 spiro atoms. The van der Waals surface area contributed by atoms with Crippen LogP contribution in [0, 0.1) is 6.92 Å². The van der Waals surface area contributed by atoms with Gasteiger partial charge >= 0.3 is 5.69 Å². The Hall–Kier alpha value is -3.98. The number of aryl methyl sites for hydroxylation is 1. The molecule has 5 aromatic rings. The van der Waals surface area contributed by atoms with Crippen LogP contribution in [0.1, 0.15) is 18.4 Å². The van der Waals surface area contributed by atoms with Gasteiger partial charge in [-0.25, -0.2) is 9.36 Å². The molecule has 0 aliphatic carbocycles. The molecule has 0 N–H and O–H groups in total. The van der Waals surface area contributed by atoms with E-state index >= 15 is 0 Å². The number of fused-ring (bicyclic) bond motifs is 1. The van der Waals surface area contributed by atoms with Crippen molar-refractivity contribution in [3.05, 3.63) is 92.3 Å². The van der Waals surface area contributed by atoms with Crippen molar-refractivity contribution in [3.63, 3.8) is 0 Å². The average molecular weight is 461 g/mol. The Morgan fingerprint density at radius 2 is 1.94 bits per heavy atom. The molecule has 0 bridgehead atoms. The largest absolute Gasteiger partial charge is 0.493 e. The summed E-state index contributed by atoms with van der Waals surface area (Å²) in [5.74, 6) is 1.27. The number of aromatic nitrogens is 4. The first-order valence-corrected chi connectivity index (χ1v) is 11.3. The quantitative estimate of drug-likeness (QED) is 0.380. The lowest BCUT2D eigenvalue weighted by Crippen LogP contribution is -2.38. The normalized spacial score (nSPS) is 11.2. The third-order valence-electron chi connectivity index (χ3n) is 5.20. The fourth-order valence-electron chi connectivity index (χ4n) is 3.73. The molecule has 9 heteroatoms. The van der Waals surface area contributed by atoms with E-state index in [0.29, 0.717) is 39.6 Å². The second kappa shape index (κ2) is 8.51. The van der Waals surface area contributed by atoms with E-state index in [0.717, 1.165) is 5.56 Å². The van der Waals surface area contributed by atoms with Gasteiger partial charge in [0.25, 0.3) is 5.56 Å². The summed E-state index contributed by atoms with van der Waals surface area (Å²) >= 11 is 1.29. The van der Waals surface area contributed by atoms with Crippen LogP contribution in [0.15, 0.2) is 74.1 Å². The second-order valence-corrected chi connectivity index (χ2v) is 8.34. The van der Waals surface area contributed by atoms with Gasteiger partial charge in [-0.05, 0) is 55.1 Å². The van der Waals surface area contributed by atoms with E-state index < -0.39 is 5.69 Å². The highest BCUT2D eigenvalue weighted by Gasteiger charge is 2.19. The van der Waals surface area contributed by atoms with E-state index in [9.17, 15) is 9.59 Å². The highest BCUT2D eigenvalue weighted by molar-refractivity contribution is 7.17. The molecule has 0 fully saturated rings. The number of para-hydroxylation sites is 1. The van der Waals surface area contributed by atoms with E-state index in [1.54, 1.807) is 17.5 Å². The Morgan fingerprint density at radius 1 is 1.09 bits per heavy atom. The van der Waals surface area contributed by atoms with Gasteiger partial charge in [-0.1, -0.05) is 29.4 Å². The van der Waals surface area contributed by atoms with Gasteiger partial charge in [0.1, 0.15) is 17.0 Å². The average Bonchev–Trinajstić information content (AvgIpc) is 3.48. The van der Waals surface area contributed by atoms with Crippen LogP contribution in [0.5, 0.6) is 5.75 Å². The molecule has 0 saturated heterocycles. The van der Waals surface area contributed by atoms with Gasteiger partial charge in [-0.3, -0.25) is 9.36 Å². The minimum absolute atomic E-state index is 0.0297. The molecular formula is C24H20N4O4S. The van der Waals surface area contributed by atoms with E-state index in [4.69, 9.17) is 9.26 Å². The second-order valence-electron chi connectivity index (χ2n) is 7.42. The molecule has 0 radical (unpaired) electrons. The highest BCUT2D eigenvalue weighted by atomic mass is 32.1. The van der Waals surface area contributed by atoms with Gasteiger partial charge in [0, 0.05) is 0 Å². The first kappa shape index (κ1) is 20.9. The molecule has 0 aliphatic heterocycles. The van der Waals surface area contributed by atoms with Crippen molar-refractivity contribution in [2.24, 2.45) is 0 Å². The maximum absolute atomic E-state index is 13.5. The minimum Gasteiger partial charge on any atom is -0.493 e. The van der Waals surface area contributed by atoms with E-state index in [1.165, 1.54) is 20.5 Å². The number of hydrogen-bond donors (Lipinski definition) is 0. The number of hydrogen-bond acceptors (Lipinski definition) is 7. The van der Waals surface area contributed by atoms with Crippen molar-refractivity contribution in [2.45, 2.75) is 20.4 Å². The number of ether oxygens (including phenoxy) is 1. The fourth-order valence-corrected chi connectivity index (χ4v) is 4.56. The number of rotatable bonds is 6. The maximum atomic E-state index is 13.5. The minimum atomic E-state index is -0.467. The van der Waals surface area contributed by atoms with Crippen molar-refractivity contribution in [1.82, 2.24) is 19.3 Å². The molecule has 0 unspecified atom stereocenters. The van der Waals surface area contributed by atoms with Crippen LogP contribution >= 0.6 is 11.3 Å². The summed E-state index contributed by atoms with van der Waals surface area (Å²) in [7, 11) is 0. The summed E-state index contributed by atoms with van der Waals surface area (Å²) in [4.78, 5) is 31.1. The van der Waals surface area contributed by atoms with Crippen LogP contribution in [0.3, 0.4) is 0 Å². The summed E-state index contributed by atoms with van der Waals surface area (Å²) in [6.45, 7) is 4.35. The zero-order valence-electron chi connectivity index (χ0n) is 18.0. The van der Waals surface area contributed by atoms with Crippen molar-refractivity contribution in [2.75, 3.05) is 6.61 Å².